The van der Waals surface area contributed by atoms with Crippen LogP contribution in [0.3, 0.4) is 0 Å². The van der Waals surface area contributed by atoms with Crippen LogP contribution in [0, 0.1) is 0 Å². The van der Waals surface area contributed by atoms with Crippen LogP contribution >= 0.6 is 0 Å². The Hall–Kier alpha value is -0.0400. The second-order valence-electron chi connectivity index (χ2n) is 0. The molecule has 0 aliphatic rings. The Labute approximate surface area is 29.3 Å². The molecular weight excluding hydrogens is 50.0 g/mol. The molecule has 0 amide bonds. The van der Waals surface area contributed by atoms with Crippen LogP contribution in [-0.4, -0.2) is 7.05 Å². The highest BCUT2D eigenvalue weighted by atomic mass is 14.4. The van der Waals surface area contributed by atoms with E-state index in [2.05, 4.69) is 5.73 Å². The van der Waals surface area contributed by atoms with Crippen LogP contribution < -0.4 is 5.73 Å². The van der Waals surface area contributed by atoms with Gasteiger partial charge in [0.15, 0.2) is 0 Å². The van der Waals surface area contributed by atoms with Gasteiger partial charge in [0.25, 0.3) is 0 Å². The molecule has 0 heterocycles. The second kappa shape index (κ2) is 7110. The first-order valence-corrected chi connectivity index (χ1v) is 1.58. The standard InChI is InChI=1S/C2H6.CH5N.H2/c2*1-2;/h1-2H3;2H2,1H3;1H. The summed E-state index contributed by atoms with van der Waals surface area (Å²) in [6, 6.07) is 0. The Kier molecular flexibility index (Phi) is 16000. The van der Waals surface area contributed by atoms with Crippen molar-refractivity contribution in [2.75, 3.05) is 7.05 Å². The minimum atomic E-state index is 0. The van der Waals surface area contributed by atoms with Crippen molar-refractivity contribution in [1.82, 2.24) is 0 Å². The van der Waals surface area contributed by atoms with E-state index in [4.69, 9.17) is 0 Å². The second-order valence-corrected chi connectivity index (χ2v) is 0. The molecule has 2 N–H and O–H groups in total. The molecule has 0 fully saturated rings. The molecule has 4 heavy (non-hydrogen) atoms. The van der Waals surface area contributed by atoms with Crippen LogP contribution in [-0.2, 0) is 0 Å². The van der Waals surface area contributed by atoms with Gasteiger partial charge in [-0.1, -0.05) is 13.8 Å². The molecule has 0 aromatic carbocycles. The molecule has 0 aromatic rings. The van der Waals surface area contributed by atoms with Crippen molar-refractivity contribution in [3.05, 3.63) is 0 Å². The molecule has 30 valence electrons. The maximum atomic E-state index is 4.50. The Morgan fingerprint density at radius 2 is 1.25 bits per heavy atom. The lowest BCUT2D eigenvalue weighted by Gasteiger charge is -1.19. The van der Waals surface area contributed by atoms with E-state index in [1.807, 2.05) is 13.8 Å². The largest absolute Gasteiger partial charge is 0.333 e. The average Bonchev–Trinajstić information content (AvgIpc) is 1.50. The van der Waals surface area contributed by atoms with Crippen molar-refractivity contribution in [1.29, 1.82) is 0 Å². The molecular formula is C3H13N. The van der Waals surface area contributed by atoms with E-state index >= 15 is 0 Å². The van der Waals surface area contributed by atoms with E-state index in [9.17, 15) is 0 Å². The van der Waals surface area contributed by atoms with Gasteiger partial charge in [0.05, 0.1) is 0 Å². The van der Waals surface area contributed by atoms with Crippen LogP contribution in [0.25, 0.3) is 0 Å². The molecule has 0 aromatic heterocycles. The van der Waals surface area contributed by atoms with Crippen LogP contribution in [0.1, 0.15) is 15.3 Å². The van der Waals surface area contributed by atoms with E-state index in [0.717, 1.165) is 0 Å². The van der Waals surface area contributed by atoms with Gasteiger partial charge in [-0.2, -0.15) is 0 Å². The molecule has 0 aliphatic heterocycles. The van der Waals surface area contributed by atoms with Crippen LogP contribution in [0.4, 0.5) is 0 Å². The molecule has 0 bridgehead atoms. The van der Waals surface area contributed by atoms with Crippen molar-refractivity contribution in [2.24, 2.45) is 5.73 Å². The topological polar surface area (TPSA) is 26.0 Å². The lowest BCUT2D eigenvalue weighted by atomic mass is 11.0. The molecule has 0 radical (unpaired) electrons. The lowest BCUT2D eigenvalue weighted by molar-refractivity contribution is 1.48. The predicted molar refractivity (Wildman–Crippen MR) is 23.6 cm³/mol. The summed E-state index contributed by atoms with van der Waals surface area (Å²) < 4.78 is 0. The number of hydrogen-bond donors (Lipinski definition) is 1. The average molecular weight is 63.1 g/mol. The molecule has 0 unspecified atom stereocenters. The third kappa shape index (κ3) is 1130. The third-order valence-corrected chi connectivity index (χ3v) is 0. The minimum absolute atomic E-state index is 0. The molecule has 1 nitrogen and oxygen atoms in total. The maximum Gasteiger partial charge on any atom is 0 e. The van der Waals surface area contributed by atoms with Crippen LogP contribution in [0.15, 0.2) is 0 Å². The van der Waals surface area contributed by atoms with Crippen molar-refractivity contribution in [2.45, 2.75) is 13.8 Å². The van der Waals surface area contributed by atoms with Gasteiger partial charge in [0.2, 0.25) is 0 Å². The summed E-state index contributed by atoms with van der Waals surface area (Å²) in [7, 11) is 1.50. The van der Waals surface area contributed by atoms with Gasteiger partial charge in [-0.05, 0) is 7.05 Å². The third-order valence-electron chi connectivity index (χ3n) is 0. The maximum absolute atomic E-state index is 4.50. The molecule has 0 aliphatic carbocycles. The van der Waals surface area contributed by atoms with Gasteiger partial charge in [-0.3, -0.25) is 0 Å². The summed E-state index contributed by atoms with van der Waals surface area (Å²) in [6.07, 6.45) is 0. The molecule has 0 saturated carbocycles. The van der Waals surface area contributed by atoms with E-state index in [1.165, 1.54) is 7.05 Å². The Morgan fingerprint density at radius 3 is 1.25 bits per heavy atom. The first-order chi connectivity index (χ1) is 2.00. The zero-order valence-electron chi connectivity index (χ0n) is 3.58. The molecule has 0 spiro atoms. The predicted octanol–water partition coefficient (Wildman–Crippen LogP) is 0.847. The van der Waals surface area contributed by atoms with Crippen molar-refractivity contribution in [3.8, 4) is 0 Å². The smallest absolute Gasteiger partial charge is 0 e. The SMILES string of the molecule is CC.CN.[HH]. The molecule has 0 atom stereocenters. The quantitative estimate of drug-likeness (QED) is 0.443. The zero-order chi connectivity index (χ0) is 4.00. The normalized spacial score (nSPS) is 3.00. The zero-order valence-corrected chi connectivity index (χ0v) is 3.58. The number of hydrogen-bond acceptors (Lipinski definition) is 1. The van der Waals surface area contributed by atoms with E-state index in [1.54, 1.807) is 0 Å². The van der Waals surface area contributed by atoms with Crippen LogP contribution in [0.2, 0.25) is 0 Å². The van der Waals surface area contributed by atoms with Gasteiger partial charge < -0.3 is 5.73 Å². The lowest BCUT2D eigenvalue weighted by Crippen LogP contribution is -1.69. The summed E-state index contributed by atoms with van der Waals surface area (Å²) in [5.74, 6) is 0. The van der Waals surface area contributed by atoms with Gasteiger partial charge in [-0.15, -0.1) is 0 Å². The van der Waals surface area contributed by atoms with E-state index < -0.39 is 0 Å². The van der Waals surface area contributed by atoms with Crippen molar-refractivity contribution in [3.63, 3.8) is 0 Å². The monoisotopic (exact) mass is 63.1 g/mol. The Balaban J connectivity index is -0.0000000133. The fraction of sp³-hybridized carbons (Fsp3) is 1.00. The first kappa shape index (κ1) is 9.03. The minimum Gasteiger partial charge on any atom is -0.333 e. The summed E-state index contributed by atoms with van der Waals surface area (Å²) in [6.45, 7) is 4.00. The van der Waals surface area contributed by atoms with Crippen molar-refractivity contribution < 1.29 is 1.43 Å². The molecule has 0 rings (SSSR count). The molecule has 0 saturated heterocycles. The van der Waals surface area contributed by atoms with E-state index in [-0.39, 0.29) is 1.43 Å². The van der Waals surface area contributed by atoms with E-state index in [0.29, 0.717) is 0 Å². The van der Waals surface area contributed by atoms with Gasteiger partial charge in [-0.25, -0.2) is 0 Å². The van der Waals surface area contributed by atoms with Gasteiger partial charge in [0, 0.05) is 1.43 Å². The highest BCUT2D eigenvalue weighted by Crippen LogP contribution is 1.14. The first-order valence-electron chi connectivity index (χ1n) is 1.58. The summed E-state index contributed by atoms with van der Waals surface area (Å²) in [5.41, 5.74) is 4.50. The Bertz CT molecular complexity index is 6.85. The summed E-state index contributed by atoms with van der Waals surface area (Å²) >= 11 is 0. The van der Waals surface area contributed by atoms with Crippen LogP contribution in [0.5, 0.6) is 0 Å². The number of rotatable bonds is 0. The van der Waals surface area contributed by atoms with Gasteiger partial charge in [0.1, 0.15) is 0 Å². The molecule has 1 heteroatoms. The Morgan fingerprint density at radius 1 is 1.25 bits per heavy atom. The fourth-order valence-corrected chi connectivity index (χ4v) is 0. The number of nitrogens with two attached hydrogens (primary N) is 1. The summed E-state index contributed by atoms with van der Waals surface area (Å²) in [4.78, 5) is 0. The van der Waals surface area contributed by atoms with Gasteiger partial charge >= 0.3 is 0 Å². The highest BCUT2D eigenvalue weighted by molar-refractivity contribution is 3.54. The summed E-state index contributed by atoms with van der Waals surface area (Å²) in [5, 5.41) is 0. The highest BCUT2D eigenvalue weighted by Gasteiger charge is 0.932. The fourth-order valence-electron chi connectivity index (χ4n) is 0. The van der Waals surface area contributed by atoms with Crippen molar-refractivity contribution >= 4 is 0 Å².